The summed E-state index contributed by atoms with van der Waals surface area (Å²) in [4.78, 5) is 25.7. The maximum absolute atomic E-state index is 13.4. The van der Waals surface area contributed by atoms with E-state index in [9.17, 15) is 9.59 Å². The summed E-state index contributed by atoms with van der Waals surface area (Å²) in [7, 11) is 0. The number of hydrogen-bond acceptors (Lipinski definition) is 6. The topological polar surface area (TPSA) is 86.1 Å². The van der Waals surface area contributed by atoms with E-state index in [1.165, 1.54) is 0 Å². The van der Waals surface area contributed by atoms with Crippen LogP contribution >= 0.6 is 35.8 Å². The minimum atomic E-state index is -0.612. The molecular weight excluding hydrogens is 507 g/mol. The predicted octanol–water partition coefficient (Wildman–Crippen LogP) is 5.66. The lowest BCUT2D eigenvalue weighted by atomic mass is 10.0. The Morgan fingerprint density at radius 1 is 0.914 bits per heavy atom. The van der Waals surface area contributed by atoms with Crippen LogP contribution in [0.5, 0.6) is 0 Å². The molecule has 3 aromatic carbocycles. The molecule has 0 saturated carbocycles. The number of alkyl carbamates (subject to hydrolysis) is 1. The fraction of sp³-hybridized carbons (Fsp3) is 0.120. The fourth-order valence-electron chi connectivity index (χ4n) is 3.45. The summed E-state index contributed by atoms with van der Waals surface area (Å²) in [5, 5.41) is 11.7. The van der Waals surface area contributed by atoms with Crippen LogP contribution in [0.1, 0.15) is 33.1 Å². The van der Waals surface area contributed by atoms with E-state index in [1.807, 2.05) is 30.3 Å². The second-order valence-electron chi connectivity index (χ2n) is 7.41. The zero-order chi connectivity index (χ0) is 24.8. The summed E-state index contributed by atoms with van der Waals surface area (Å²) < 4.78 is 6.94. The number of ether oxygens (including phenoxy) is 1. The molecule has 0 aliphatic heterocycles. The first-order valence-corrected chi connectivity index (χ1v) is 11.9. The molecule has 0 aliphatic rings. The lowest BCUT2D eigenvalue weighted by Gasteiger charge is -2.15. The quantitative estimate of drug-likeness (QED) is 0.228. The normalized spacial score (nSPS) is 10.7. The average molecular weight is 527 g/mol. The van der Waals surface area contributed by atoms with E-state index in [1.54, 1.807) is 47.0 Å². The van der Waals surface area contributed by atoms with E-state index in [0.29, 0.717) is 38.5 Å². The molecule has 10 heteroatoms. The first-order valence-electron chi connectivity index (χ1n) is 10.6. The molecular formula is C25H20Cl2N4O3S. The molecule has 0 fully saturated rings. The van der Waals surface area contributed by atoms with Crippen molar-refractivity contribution < 1.29 is 14.3 Å². The highest BCUT2D eigenvalue weighted by atomic mass is 35.5. The third-order valence-electron chi connectivity index (χ3n) is 5.10. The molecule has 0 saturated heterocycles. The molecule has 0 aliphatic carbocycles. The number of nitrogens with one attached hydrogen (secondary N) is 1. The van der Waals surface area contributed by atoms with Crippen LogP contribution in [0.2, 0.25) is 10.0 Å². The van der Waals surface area contributed by atoms with Crippen molar-refractivity contribution in [1.29, 1.82) is 0 Å². The molecule has 4 rings (SSSR count). The molecule has 1 N–H and O–H groups in total. The number of aromatic nitrogens is 3. The van der Waals surface area contributed by atoms with Gasteiger partial charge in [-0.05, 0) is 35.9 Å². The van der Waals surface area contributed by atoms with Gasteiger partial charge in [0, 0.05) is 16.1 Å². The lowest BCUT2D eigenvalue weighted by Crippen LogP contribution is -2.25. The highest BCUT2D eigenvalue weighted by Crippen LogP contribution is 2.27. The van der Waals surface area contributed by atoms with E-state index in [-0.39, 0.29) is 24.7 Å². The maximum Gasteiger partial charge on any atom is 0.407 e. The molecule has 0 spiro atoms. The summed E-state index contributed by atoms with van der Waals surface area (Å²) in [5.74, 6) is 0.806. The lowest BCUT2D eigenvalue weighted by molar-refractivity contribution is 0.103. The molecule has 1 amide bonds. The SMILES string of the molecule is O=C(NCc1nnc(CS)n1-c1ccc(Cl)cc1C(=O)c1ccccc1Cl)OCc1ccccc1. The third kappa shape index (κ3) is 5.85. The van der Waals surface area contributed by atoms with Crippen LogP contribution in [0.15, 0.2) is 72.8 Å². The first kappa shape index (κ1) is 24.8. The van der Waals surface area contributed by atoms with Crippen molar-refractivity contribution in [2.24, 2.45) is 0 Å². The highest BCUT2D eigenvalue weighted by Gasteiger charge is 2.22. The van der Waals surface area contributed by atoms with Crippen molar-refractivity contribution in [1.82, 2.24) is 20.1 Å². The van der Waals surface area contributed by atoms with Gasteiger partial charge in [0.1, 0.15) is 12.4 Å². The van der Waals surface area contributed by atoms with Crippen LogP contribution in [0.3, 0.4) is 0 Å². The van der Waals surface area contributed by atoms with Gasteiger partial charge >= 0.3 is 6.09 Å². The highest BCUT2D eigenvalue weighted by molar-refractivity contribution is 7.79. The number of amides is 1. The molecule has 35 heavy (non-hydrogen) atoms. The first-order chi connectivity index (χ1) is 17.0. The number of benzene rings is 3. The van der Waals surface area contributed by atoms with Gasteiger partial charge in [-0.15, -0.1) is 10.2 Å². The van der Waals surface area contributed by atoms with E-state index in [2.05, 4.69) is 28.1 Å². The van der Waals surface area contributed by atoms with Crippen LogP contribution in [-0.2, 0) is 23.6 Å². The van der Waals surface area contributed by atoms with Gasteiger partial charge in [-0.25, -0.2) is 4.79 Å². The Kier molecular flexibility index (Phi) is 8.07. The zero-order valence-electron chi connectivity index (χ0n) is 18.3. The number of hydrogen-bond donors (Lipinski definition) is 2. The van der Waals surface area contributed by atoms with Gasteiger partial charge in [0.25, 0.3) is 0 Å². The Bertz CT molecular complexity index is 1360. The molecule has 178 valence electrons. The number of carbonyl (C=O) groups excluding carboxylic acids is 2. The Morgan fingerprint density at radius 2 is 1.63 bits per heavy atom. The van der Waals surface area contributed by atoms with Crippen LogP contribution in [0.25, 0.3) is 5.69 Å². The van der Waals surface area contributed by atoms with Crippen molar-refractivity contribution in [2.45, 2.75) is 18.9 Å². The van der Waals surface area contributed by atoms with E-state index in [4.69, 9.17) is 27.9 Å². The van der Waals surface area contributed by atoms with Crippen molar-refractivity contribution in [2.75, 3.05) is 0 Å². The minimum Gasteiger partial charge on any atom is -0.445 e. The number of nitrogens with zero attached hydrogens (tertiary/aromatic N) is 3. The average Bonchev–Trinajstić information content (AvgIpc) is 3.29. The monoisotopic (exact) mass is 526 g/mol. The molecule has 7 nitrogen and oxygen atoms in total. The summed E-state index contributed by atoms with van der Waals surface area (Å²) in [6, 6.07) is 21.0. The Labute approximate surface area is 217 Å². The zero-order valence-corrected chi connectivity index (χ0v) is 20.7. The van der Waals surface area contributed by atoms with Crippen LogP contribution in [0.4, 0.5) is 4.79 Å². The van der Waals surface area contributed by atoms with Crippen LogP contribution < -0.4 is 5.32 Å². The van der Waals surface area contributed by atoms with Crippen molar-refractivity contribution in [3.8, 4) is 5.69 Å². The maximum atomic E-state index is 13.4. The van der Waals surface area contributed by atoms with Crippen molar-refractivity contribution >= 4 is 47.7 Å². The number of halogens is 2. The Morgan fingerprint density at radius 3 is 2.37 bits per heavy atom. The van der Waals surface area contributed by atoms with Crippen molar-refractivity contribution in [3.05, 3.63) is 111 Å². The molecule has 4 aromatic rings. The van der Waals surface area contributed by atoms with Gasteiger partial charge in [-0.2, -0.15) is 12.6 Å². The fourth-order valence-corrected chi connectivity index (χ4v) is 4.05. The second kappa shape index (κ2) is 11.4. The second-order valence-corrected chi connectivity index (χ2v) is 8.57. The third-order valence-corrected chi connectivity index (χ3v) is 5.95. The number of ketones is 1. The van der Waals surface area contributed by atoms with Gasteiger partial charge in [-0.1, -0.05) is 65.7 Å². The smallest absolute Gasteiger partial charge is 0.407 e. The Balaban J connectivity index is 1.61. The summed E-state index contributed by atoms with van der Waals surface area (Å²) >= 11 is 16.9. The molecule has 0 radical (unpaired) electrons. The Hall–Kier alpha value is -3.33. The number of thiol groups is 1. The standard InChI is InChI=1S/C25H20Cl2N4O3S/c26-17-10-11-21(19(12-17)24(32)18-8-4-5-9-20(18)27)31-22(29-30-23(31)15-35)13-28-25(33)34-14-16-6-2-1-3-7-16/h1-12,35H,13-15H2,(H,28,33). The van der Waals surface area contributed by atoms with E-state index < -0.39 is 6.09 Å². The summed E-state index contributed by atoms with van der Waals surface area (Å²) in [6.07, 6.45) is -0.612. The van der Waals surface area contributed by atoms with Crippen LogP contribution in [0, 0.1) is 0 Å². The number of carbonyl (C=O) groups is 2. The molecule has 1 aromatic heterocycles. The van der Waals surface area contributed by atoms with Crippen molar-refractivity contribution in [3.63, 3.8) is 0 Å². The van der Waals surface area contributed by atoms with E-state index in [0.717, 1.165) is 5.56 Å². The van der Waals surface area contributed by atoms with Gasteiger partial charge in [0.05, 0.1) is 23.0 Å². The van der Waals surface area contributed by atoms with Gasteiger partial charge in [-0.3, -0.25) is 9.36 Å². The molecule has 1 heterocycles. The minimum absolute atomic E-state index is 0.0107. The molecule has 0 atom stereocenters. The summed E-state index contributed by atoms with van der Waals surface area (Å²) in [5.41, 5.74) is 2.00. The number of rotatable bonds is 8. The molecule has 0 bridgehead atoms. The van der Waals surface area contributed by atoms with Gasteiger partial charge in [0.15, 0.2) is 11.6 Å². The van der Waals surface area contributed by atoms with Gasteiger partial charge in [0.2, 0.25) is 0 Å². The van der Waals surface area contributed by atoms with Gasteiger partial charge < -0.3 is 10.1 Å². The predicted molar refractivity (Wildman–Crippen MR) is 137 cm³/mol. The van der Waals surface area contributed by atoms with E-state index >= 15 is 0 Å². The van der Waals surface area contributed by atoms with Crippen LogP contribution in [-0.4, -0.2) is 26.6 Å². The summed E-state index contributed by atoms with van der Waals surface area (Å²) in [6.45, 7) is 0.145. The molecule has 0 unspecified atom stereocenters. The largest absolute Gasteiger partial charge is 0.445 e.